The minimum atomic E-state index is -1.01. The molecule has 0 bridgehead atoms. The third kappa shape index (κ3) is 3.23. The van der Waals surface area contributed by atoms with Gasteiger partial charge in [0.1, 0.15) is 11.9 Å². The van der Waals surface area contributed by atoms with Crippen LogP contribution in [0, 0.1) is 5.82 Å². The van der Waals surface area contributed by atoms with Crippen LogP contribution in [0.1, 0.15) is 18.4 Å². The van der Waals surface area contributed by atoms with Gasteiger partial charge in [0.05, 0.1) is 6.10 Å². The molecule has 1 aliphatic rings. The SMILES string of the molecule is O=C(O)[C@@H]1C[C@H](O)CCN1Cc1c(F)cccc1Cl. The van der Waals surface area contributed by atoms with Crippen LogP contribution in [-0.4, -0.2) is 39.8 Å². The molecule has 0 aromatic heterocycles. The van der Waals surface area contributed by atoms with Gasteiger partial charge < -0.3 is 10.2 Å². The molecule has 6 heteroatoms. The number of rotatable bonds is 3. The van der Waals surface area contributed by atoms with Gasteiger partial charge in [0.2, 0.25) is 0 Å². The molecule has 0 radical (unpaired) electrons. The zero-order valence-electron chi connectivity index (χ0n) is 10.2. The van der Waals surface area contributed by atoms with Crippen LogP contribution in [0.25, 0.3) is 0 Å². The minimum Gasteiger partial charge on any atom is -0.480 e. The second-order valence-corrected chi connectivity index (χ2v) is 5.11. The zero-order valence-corrected chi connectivity index (χ0v) is 11.0. The fraction of sp³-hybridized carbons (Fsp3) is 0.462. The Morgan fingerprint density at radius 3 is 2.89 bits per heavy atom. The summed E-state index contributed by atoms with van der Waals surface area (Å²) in [6, 6.07) is 3.58. The van der Waals surface area contributed by atoms with E-state index < -0.39 is 23.9 Å². The number of likely N-dealkylation sites (tertiary alicyclic amines) is 1. The quantitative estimate of drug-likeness (QED) is 0.891. The van der Waals surface area contributed by atoms with E-state index in [2.05, 4.69) is 0 Å². The Morgan fingerprint density at radius 2 is 2.26 bits per heavy atom. The molecule has 2 N–H and O–H groups in total. The monoisotopic (exact) mass is 287 g/mol. The summed E-state index contributed by atoms with van der Waals surface area (Å²) in [5, 5.41) is 19.0. The Kier molecular flexibility index (Phi) is 4.39. The predicted octanol–water partition coefficient (Wildman–Crippen LogP) is 1.89. The van der Waals surface area contributed by atoms with Crippen LogP contribution in [0.3, 0.4) is 0 Å². The Hall–Kier alpha value is -1.17. The van der Waals surface area contributed by atoms with Crippen molar-refractivity contribution in [3.63, 3.8) is 0 Å². The molecular formula is C13H15ClFNO3. The number of hydrogen-bond donors (Lipinski definition) is 2. The number of halogens is 2. The molecular weight excluding hydrogens is 273 g/mol. The third-order valence-corrected chi connectivity index (χ3v) is 3.75. The van der Waals surface area contributed by atoms with Crippen LogP contribution in [0.4, 0.5) is 4.39 Å². The molecule has 2 atom stereocenters. The highest BCUT2D eigenvalue weighted by molar-refractivity contribution is 6.31. The van der Waals surface area contributed by atoms with E-state index in [1.807, 2.05) is 0 Å². The van der Waals surface area contributed by atoms with Crippen LogP contribution >= 0.6 is 11.6 Å². The number of aliphatic hydroxyl groups excluding tert-OH is 1. The molecule has 2 rings (SSSR count). The first-order chi connectivity index (χ1) is 8.99. The average Bonchev–Trinajstić information content (AvgIpc) is 2.35. The number of hydrogen-bond acceptors (Lipinski definition) is 3. The Morgan fingerprint density at radius 1 is 1.53 bits per heavy atom. The maximum Gasteiger partial charge on any atom is 0.321 e. The van der Waals surface area contributed by atoms with Gasteiger partial charge in [-0.2, -0.15) is 0 Å². The number of benzene rings is 1. The number of carbonyl (C=O) groups is 1. The minimum absolute atomic E-state index is 0.134. The number of aliphatic carboxylic acids is 1. The molecule has 1 aliphatic heterocycles. The molecule has 0 spiro atoms. The highest BCUT2D eigenvalue weighted by Crippen LogP contribution is 2.25. The summed E-state index contributed by atoms with van der Waals surface area (Å²) in [5.41, 5.74) is 0.298. The van der Waals surface area contributed by atoms with Crippen molar-refractivity contribution in [2.45, 2.75) is 31.5 Å². The van der Waals surface area contributed by atoms with Crippen molar-refractivity contribution in [3.8, 4) is 0 Å². The summed E-state index contributed by atoms with van der Waals surface area (Å²) < 4.78 is 13.7. The number of piperidine rings is 1. The van der Waals surface area contributed by atoms with Crippen LogP contribution < -0.4 is 0 Å². The smallest absolute Gasteiger partial charge is 0.321 e. The fourth-order valence-electron chi connectivity index (χ4n) is 2.33. The second-order valence-electron chi connectivity index (χ2n) is 4.70. The summed E-state index contributed by atoms with van der Waals surface area (Å²) in [4.78, 5) is 12.8. The van der Waals surface area contributed by atoms with E-state index in [1.54, 1.807) is 11.0 Å². The number of aliphatic hydroxyl groups is 1. The highest BCUT2D eigenvalue weighted by Gasteiger charge is 2.33. The van der Waals surface area contributed by atoms with Gasteiger partial charge >= 0.3 is 5.97 Å². The molecule has 0 unspecified atom stereocenters. The topological polar surface area (TPSA) is 60.8 Å². The second kappa shape index (κ2) is 5.86. The molecule has 1 aromatic rings. The average molecular weight is 288 g/mol. The molecule has 19 heavy (non-hydrogen) atoms. The lowest BCUT2D eigenvalue weighted by molar-refractivity contribution is -0.147. The molecule has 0 saturated carbocycles. The van der Waals surface area contributed by atoms with Crippen LogP contribution in [0.5, 0.6) is 0 Å². The molecule has 104 valence electrons. The van der Waals surface area contributed by atoms with Crippen molar-refractivity contribution in [1.82, 2.24) is 4.90 Å². The number of carboxylic acids is 1. The van der Waals surface area contributed by atoms with Crippen molar-refractivity contribution < 1.29 is 19.4 Å². The predicted molar refractivity (Wildman–Crippen MR) is 68.5 cm³/mol. The zero-order chi connectivity index (χ0) is 14.0. The van der Waals surface area contributed by atoms with Crippen LogP contribution in [0.2, 0.25) is 5.02 Å². The Bertz CT molecular complexity index is 463. The Balaban J connectivity index is 2.19. The van der Waals surface area contributed by atoms with Gasteiger partial charge in [0.15, 0.2) is 0 Å². The van der Waals surface area contributed by atoms with Crippen molar-refractivity contribution in [3.05, 3.63) is 34.6 Å². The summed E-state index contributed by atoms with van der Waals surface area (Å²) in [6.45, 7) is 0.540. The van der Waals surface area contributed by atoms with E-state index in [0.29, 0.717) is 18.5 Å². The molecule has 0 amide bonds. The lowest BCUT2D eigenvalue weighted by Crippen LogP contribution is -2.48. The normalized spacial score (nSPS) is 24.4. The van der Waals surface area contributed by atoms with Gasteiger partial charge in [-0.1, -0.05) is 17.7 Å². The Labute approximate surface area is 115 Å². The van der Waals surface area contributed by atoms with E-state index in [0.717, 1.165) is 0 Å². The first kappa shape index (κ1) is 14.2. The molecule has 0 aliphatic carbocycles. The van der Waals surface area contributed by atoms with E-state index >= 15 is 0 Å². The van der Waals surface area contributed by atoms with E-state index in [4.69, 9.17) is 16.7 Å². The van der Waals surface area contributed by atoms with Crippen LogP contribution in [-0.2, 0) is 11.3 Å². The van der Waals surface area contributed by atoms with Crippen molar-refractivity contribution >= 4 is 17.6 Å². The molecule has 1 saturated heterocycles. The fourth-order valence-corrected chi connectivity index (χ4v) is 2.55. The summed E-state index contributed by atoms with van der Waals surface area (Å²) >= 11 is 5.94. The van der Waals surface area contributed by atoms with E-state index in [1.165, 1.54) is 12.1 Å². The van der Waals surface area contributed by atoms with Crippen molar-refractivity contribution in [2.24, 2.45) is 0 Å². The maximum atomic E-state index is 13.7. The van der Waals surface area contributed by atoms with E-state index in [9.17, 15) is 14.3 Å². The van der Waals surface area contributed by atoms with Gasteiger partial charge in [0.25, 0.3) is 0 Å². The third-order valence-electron chi connectivity index (χ3n) is 3.39. The van der Waals surface area contributed by atoms with Crippen molar-refractivity contribution in [2.75, 3.05) is 6.54 Å². The first-order valence-corrected chi connectivity index (χ1v) is 6.44. The number of carboxylic acid groups (broad SMARTS) is 1. The van der Waals surface area contributed by atoms with Crippen molar-refractivity contribution in [1.29, 1.82) is 0 Å². The van der Waals surface area contributed by atoms with Gasteiger partial charge in [-0.05, 0) is 25.0 Å². The van der Waals surface area contributed by atoms with Crippen LogP contribution in [0.15, 0.2) is 18.2 Å². The molecule has 1 fully saturated rings. The van der Waals surface area contributed by atoms with E-state index in [-0.39, 0.29) is 18.0 Å². The summed E-state index contributed by atoms with van der Waals surface area (Å²) in [6.07, 6.45) is 0.0190. The van der Waals surface area contributed by atoms with Gasteiger partial charge in [0, 0.05) is 23.7 Å². The maximum absolute atomic E-state index is 13.7. The first-order valence-electron chi connectivity index (χ1n) is 6.07. The molecule has 4 nitrogen and oxygen atoms in total. The highest BCUT2D eigenvalue weighted by atomic mass is 35.5. The lowest BCUT2D eigenvalue weighted by atomic mass is 9.98. The van der Waals surface area contributed by atoms with Gasteiger partial charge in [-0.15, -0.1) is 0 Å². The lowest BCUT2D eigenvalue weighted by Gasteiger charge is -2.35. The number of nitrogens with zero attached hydrogens (tertiary/aromatic N) is 1. The summed E-state index contributed by atoms with van der Waals surface area (Å²) in [5.74, 6) is -1.45. The standard InChI is InChI=1S/C13H15ClFNO3/c14-10-2-1-3-11(15)9(10)7-16-5-4-8(17)6-12(16)13(18)19/h1-3,8,12,17H,4-7H2,(H,18,19)/t8-,12+/m1/s1. The largest absolute Gasteiger partial charge is 0.480 e. The summed E-state index contributed by atoms with van der Waals surface area (Å²) in [7, 11) is 0. The molecule has 1 aromatic carbocycles. The van der Waals surface area contributed by atoms with Gasteiger partial charge in [-0.25, -0.2) is 4.39 Å². The van der Waals surface area contributed by atoms with Gasteiger partial charge in [-0.3, -0.25) is 9.69 Å². The molecule has 1 heterocycles.